The van der Waals surface area contributed by atoms with Gasteiger partial charge in [0.15, 0.2) is 0 Å². The van der Waals surface area contributed by atoms with Gasteiger partial charge in [-0.15, -0.1) is 0 Å². The monoisotopic (exact) mass is 1120 g/mol. The molecule has 0 saturated carbocycles. The molecule has 0 amide bonds. The lowest BCUT2D eigenvalue weighted by Gasteiger charge is -2.42. The number of hydrogen-bond donors (Lipinski definition) is 0. The molecule has 1 aliphatic heterocycles. The molecule has 0 radical (unpaired) electrons. The zero-order valence-corrected chi connectivity index (χ0v) is 49.3. The minimum atomic E-state index is -2.69. The van der Waals surface area contributed by atoms with Crippen LogP contribution in [0.15, 0.2) is 219 Å². The summed E-state index contributed by atoms with van der Waals surface area (Å²) in [6, 6.07) is 72.8. The summed E-state index contributed by atoms with van der Waals surface area (Å²) in [5.41, 5.74) is 17.4. The second-order valence-electron chi connectivity index (χ2n) is 26.0. The number of rotatable bonds is 6. The van der Waals surface area contributed by atoms with Gasteiger partial charge in [0.1, 0.15) is 17.3 Å². The molecule has 0 spiro atoms. The number of benzene rings is 10. The first kappa shape index (κ1) is 45.6. The van der Waals surface area contributed by atoms with Crippen molar-refractivity contribution in [2.24, 2.45) is 0 Å². The molecule has 0 bridgehead atoms. The van der Waals surface area contributed by atoms with Crippen molar-refractivity contribution in [3.63, 3.8) is 0 Å². The van der Waals surface area contributed by atoms with Crippen LogP contribution in [0.1, 0.15) is 97.3 Å². The Balaban J connectivity index is 1.01. The van der Waals surface area contributed by atoms with Gasteiger partial charge >= 0.3 is 0 Å². The fourth-order valence-electron chi connectivity index (χ4n) is 14.3. The van der Waals surface area contributed by atoms with E-state index in [1.54, 1.807) is 18.2 Å². The Hall–Kier alpha value is -9.78. The zero-order valence-electron chi connectivity index (χ0n) is 55.3. The van der Waals surface area contributed by atoms with Crippen LogP contribution < -0.4 is 9.30 Å². The van der Waals surface area contributed by atoms with Crippen LogP contribution in [0.25, 0.3) is 122 Å². The number of ether oxygens (including phenoxy) is 1. The summed E-state index contributed by atoms with van der Waals surface area (Å²) < 4.78 is 70.5. The van der Waals surface area contributed by atoms with Crippen LogP contribution in [0.5, 0.6) is 11.5 Å². The summed E-state index contributed by atoms with van der Waals surface area (Å²) in [7, 11) is 0. The highest BCUT2D eigenvalue weighted by Crippen LogP contribution is 2.53. The highest BCUT2D eigenvalue weighted by Gasteiger charge is 2.39. The molecule has 5 heterocycles. The molecule has 0 N–H and O–H groups in total. The van der Waals surface area contributed by atoms with Crippen molar-refractivity contribution in [1.82, 2.24) is 18.7 Å². The predicted molar refractivity (Wildman–Crippen MR) is 355 cm³/mol. The van der Waals surface area contributed by atoms with Crippen LogP contribution in [-0.2, 0) is 16.2 Å². The van der Waals surface area contributed by atoms with E-state index < -0.39 is 13.7 Å². The van der Waals surface area contributed by atoms with E-state index in [0.717, 1.165) is 118 Å². The number of hydrogen-bond acceptors (Lipinski definition) is 2. The maximum absolute atomic E-state index is 9.12. The van der Waals surface area contributed by atoms with Gasteiger partial charge in [0, 0.05) is 47.7 Å². The van der Waals surface area contributed by atoms with Gasteiger partial charge in [-0.2, -0.15) is 0 Å². The van der Waals surface area contributed by atoms with Crippen LogP contribution in [-0.4, -0.2) is 18.7 Å². The summed E-state index contributed by atoms with van der Waals surface area (Å²) >= 11 is 0. The molecule has 0 atom stereocenters. The number of aromatic nitrogens is 5. The van der Waals surface area contributed by atoms with Crippen molar-refractivity contribution >= 4 is 54.6 Å². The maximum Gasteiger partial charge on any atom is 0.269 e. The van der Waals surface area contributed by atoms with Crippen LogP contribution >= 0.6 is 0 Å². The van der Waals surface area contributed by atoms with Crippen molar-refractivity contribution in [2.45, 2.75) is 91.3 Å². The van der Waals surface area contributed by atoms with Gasteiger partial charge in [0.05, 0.1) is 44.5 Å². The highest BCUT2D eigenvalue weighted by atomic mass is 16.5. The summed E-state index contributed by atoms with van der Waals surface area (Å²) in [6.45, 7) is 10.6. The molecular weight excluding hydrogens is 1050 g/mol. The third-order valence-electron chi connectivity index (χ3n) is 18.8. The lowest BCUT2D eigenvalue weighted by Crippen LogP contribution is -2.34. The Morgan fingerprint density at radius 3 is 1.70 bits per heavy atom. The standard InChI is InChI=1S/C80H67N5O/c1-49-21-18-22-50(2)75(49)63-31-20-30-62-65-47-68-67(79(6,7)38-39-80(68,8)9)46-64(65)56-25-10-11-26-57(56)66-43-53(84-69-32-15-12-27-58(69)59-28-13-16-33-70(59)84)44-73-77(66)83(76(62)63)48-82(73)52-23-19-24-54(42-52)86-55-35-36-61-60-29-14-17-34-71(60)85(72(61)45-55)74-41-51(37-40-81-74)78(3,4)5/h10-37,40-47H,38-39H2,1-9H3/i1D3,2D3. The van der Waals surface area contributed by atoms with Crippen LogP contribution in [0, 0.1) is 20.0 Å². The Morgan fingerprint density at radius 2 is 1.03 bits per heavy atom. The van der Waals surface area contributed by atoms with Gasteiger partial charge in [-0.3, -0.25) is 13.7 Å². The van der Waals surface area contributed by atoms with Crippen molar-refractivity contribution < 1.29 is 17.5 Å². The second kappa shape index (κ2) is 18.9. The Labute approximate surface area is 511 Å². The number of pyridine rings is 1. The first-order valence-electron chi connectivity index (χ1n) is 32.9. The SMILES string of the molecule is [2H]C([2H])([2H])c1cccc(C([2H])([2H])[2H])c1-c1cccc2c1-[n+]1[c-]n(-c3cccc(Oc4ccc5c6ccccc6n(-c6cc(C(C)(C)C)ccn6)c5c4)c3)c3cc(-n4c5ccccc5c5ccccc54)cc(c31)-c1ccccc1-c1cc3c(cc1-2)C(C)(C)CCC3(C)C. The number of para-hydroxylation sites is 4. The van der Waals surface area contributed by atoms with Crippen molar-refractivity contribution in [3.05, 3.63) is 253 Å². The first-order chi connectivity index (χ1) is 44.0. The van der Waals surface area contributed by atoms with Gasteiger partial charge < -0.3 is 9.30 Å². The molecule has 0 saturated heterocycles. The normalized spacial score (nSPS) is 15.5. The number of nitrogens with zero attached hydrogens (tertiary/aromatic N) is 5. The van der Waals surface area contributed by atoms with E-state index in [2.05, 4.69) is 231 Å². The van der Waals surface area contributed by atoms with Crippen LogP contribution in [0.4, 0.5) is 0 Å². The Bertz CT molecular complexity index is 5330. The summed E-state index contributed by atoms with van der Waals surface area (Å²) in [4.78, 5) is 4.95. The van der Waals surface area contributed by atoms with Gasteiger partial charge in [-0.05, 0) is 194 Å². The van der Waals surface area contributed by atoms with E-state index in [4.69, 9.17) is 17.9 Å². The molecular formula is C80H67N5O. The second-order valence-corrected chi connectivity index (χ2v) is 26.0. The smallest absolute Gasteiger partial charge is 0.269 e. The van der Waals surface area contributed by atoms with Crippen molar-refractivity contribution in [1.29, 1.82) is 0 Å². The molecule has 4 aromatic heterocycles. The maximum atomic E-state index is 9.12. The topological polar surface area (TPSA) is 40.8 Å². The van der Waals surface area contributed by atoms with E-state index in [1.807, 2.05) is 42.6 Å². The van der Waals surface area contributed by atoms with Crippen LogP contribution in [0.2, 0.25) is 0 Å². The lowest BCUT2D eigenvalue weighted by molar-refractivity contribution is -0.570. The third kappa shape index (κ3) is 7.91. The summed E-state index contributed by atoms with van der Waals surface area (Å²) in [5, 5.41) is 4.44. The van der Waals surface area contributed by atoms with E-state index in [0.29, 0.717) is 22.7 Å². The minimum Gasteiger partial charge on any atom is -0.458 e. The van der Waals surface area contributed by atoms with E-state index in [9.17, 15) is 0 Å². The number of fused-ring (bicyclic) bond motifs is 14. The molecule has 0 unspecified atom stereocenters. The molecule has 6 heteroatoms. The van der Waals surface area contributed by atoms with Crippen LogP contribution in [0.3, 0.4) is 0 Å². The summed E-state index contributed by atoms with van der Waals surface area (Å²) in [6.07, 6.45) is 7.86. The molecule has 10 aromatic carbocycles. The largest absolute Gasteiger partial charge is 0.458 e. The van der Waals surface area contributed by atoms with E-state index in [-0.39, 0.29) is 32.9 Å². The first-order valence-corrected chi connectivity index (χ1v) is 29.9. The van der Waals surface area contributed by atoms with Gasteiger partial charge in [-0.25, -0.2) is 4.98 Å². The van der Waals surface area contributed by atoms with E-state index in [1.165, 1.54) is 16.7 Å². The fourth-order valence-corrected chi connectivity index (χ4v) is 14.3. The average Bonchev–Trinajstić information content (AvgIpc) is 1.45. The predicted octanol–water partition coefficient (Wildman–Crippen LogP) is 20.3. The fraction of sp³-hybridized carbons (Fsp3) is 0.175. The number of imidazole rings is 1. The highest BCUT2D eigenvalue weighted by molar-refractivity contribution is 6.11. The van der Waals surface area contributed by atoms with Gasteiger partial charge in [-0.1, -0.05) is 176 Å². The molecule has 0 fully saturated rings. The lowest BCUT2D eigenvalue weighted by atomic mass is 9.62. The average molecular weight is 1120 g/mol. The molecule has 2 aliphatic rings. The van der Waals surface area contributed by atoms with Crippen molar-refractivity contribution in [2.75, 3.05) is 0 Å². The van der Waals surface area contributed by atoms with Gasteiger partial charge in [0.2, 0.25) is 0 Å². The van der Waals surface area contributed by atoms with E-state index >= 15 is 0 Å². The third-order valence-corrected chi connectivity index (χ3v) is 18.8. The number of aryl methyl sites for hydroxylation is 2. The van der Waals surface area contributed by atoms with Gasteiger partial charge in [0.25, 0.3) is 6.33 Å². The molecule has 14 aromatic rings. The molecule has 418 valence electrons. The summed E-state index contributed by atoms with van der Waals surface area (Å²) in [5.74, 6) is 2.05. The minimum absolute atomic E-state index is 0.0486. The molecule has 86 heavy (non-hydrogen) atoms. The Morgan fingerprint density at radius 1 is 0.477 bits per heavy atom. The molecule has 16 rings (SSSR count). The molecule has 1 aliphatic carbocycles. The molecule has 6 nitrogen and oxygen atoms in total. The zero-order chi connectivity index (χ0) is 63.5. The van der Waals surface area contributed by atoms with Crippen molar-refractivity contribution in [3.8, 4) is 78.9 Å². The quantitative estimate of drug-likeness (QED) is 0.123. The Kier molecular flexibility index (Phi) is 10.0.